The Morgan fingerprint density at radius 3 is 2.66 bits per heavy atom. The molecule has 0 aliphatic carbocycles. The number of carbonyl (C=O) groups excluding carboxylic acids is 1. The zero-order chi connectivity index (χ0) is 21.1. The highest BCUT2D eigenvalue weighted by Crippen LogP contribution is 2.35. The molecule has 10 heteroatoms. The van der Waals surface area contributed by atoms with Crippen molar-refractivity contribution in [1.29, 1.82) is 5.26 Å². The van der Waals surface area contributed by atoms with Gasteiger partial charge in [0.25, 0.3) is 11.5 Å². The fourth-order valence-corrected chi connectivity index (χ4v) is 4.67. The molecule has 1 amide bonds. The van der Waals surface area contributed by atoms with E-state index in [0.29, 0.717) is 65.6 Å². The lowest BCUT2D eigenvalue weighted by Gasteiger charge is -2.32. The van der Waals surface area contributed by atoms with Crippen molar-refractivity contribution in [3.8, 4) is 6.07 Å². The number of aromatic nitrogens is 1. The number of nitrogens with zero attached hydrogens (tertiary/aromatic N) is 4. The normalized spacial score (nSPS) is 18.6. The summed E-state index contributed by atoms with van der Waals surface area (Å²) in [5, 5.41) is 9.51. The van der Waals surface area contributed by atoms with E-state index in [9.17, 15) is 14.9 Å². The van der Waals surface area contributed by atoms with Crippen molar-refractivity contribution in [2.24, 2.45) is 7.05 Å². The summed E-state index contributed by atoms with van der Waals surface area (Å²) in [6.45, 7) is 4.84. The van der Waals surface area contributed by atoms with E-state index in [1.54, 1.807) is 27.2 Å². The number of hydrogen-bond acceptors (Lipinski definition) is 8. The van der Waals surface area contributed by atoms with Gasteiger partial charge in [-0.25, -0.2) is 0 Å². The first-order valence-electron chi connectivity index (χ1n) is 9.11. The van der Waals surface area contributed by atoms with Crippen LogP contribution < -0.4 is 10.5 Å². The third-order valence-electron chi connectivity index (χ3n) is 4.95. The topological polar surface area (TPSA) is 87.8 Å². The number of thioether (sulfide) groups is 1. The zero-order valence-corrected chi connectivity index (χ0v) is 18.2. The van der Waals surface area contributed by atoms with E-state index >= 15 is 0 Å². The van der Waals surface area contributed by atoms with Crippen LogP contribution >= 0.6 is 24.0 Å². The number of thiocarbonyl (C=S) groups is 1. The number of morpholine rings is 1. The number of ether oxygens (including phenoxy) is 2. The molecule has 154 valence electrons. The molecule has 29 heavy (non-hydrogen) atoms. The molecule has 2 aliphatic heterocycles. The first-order chi connectivity index (χ1) is 13.9. The highest BCUT2D eigenvalue weighted by Gasteiger charge is 2.33. The maximum absolute atomic E-state index is 12.9. The van der Waals surface area contributed by atoms with Gasteiger partial charge in [-0.1, -0.05) is 24.0 Å². The fraction of sp³-hybridized carbons (Fsp3) is 0.474. The first kappa shape index (κ1) is 21.5. The number of hydrogen-bond donors (Lipinski definition) is 0. The lowest BCUT2D eigenvalue weighted by molar-refractivity contribution is -0.122. The van der Waals surface area contributed by atoms with Crippen LogP contribution in [-0.2, 0) is 21.3 Å². The zero-order valence-electron chi connectivity index (χ0n) is 16.6. The van der Waals surface area contributed by atoms with E-state index in [1.807, 2.05) is 6.07 Å². The van der Waals surface area contributed by atoms with Crippen molar-refractivity contribution >= 4 is 46.1 Å². The summed E-state index contributed by atoms with van der Waals surface area (Å²) >= 11 is 6.56. The summed E-state index contributed by atoms with van der Waals surface area (Å²) in [5.41, 5.74) is 0.957. The van der Waals surface area contributed by atoms with Gasteiger partial charge in [0.15, 0.2) is 0 Å². The number of nitriles is 1. The Hall–Kier alpha value is -2.19. The molecule has 0 bridgehead atoms. The Balaban J connectivity index is 2.13. The molecule has 3 rings (SSSR count). The van der Waals surface area contributed by atoms with E-state index in [-0.39, 0.29) is 17.0 Å². The summed E-state index contributed by atoms with van der Waals surface area (Å²) < 4.78 is 12.4. The molecule has 0 spiro atoms. The van der Waals surface area contributed by atoms with Crippen molar-refractivity contribution in [2.45, 2.75) is 6.92 Å². The van der Waals surface area contributed by atoms with Crippen LogP contribution in [0.2, 0.25) is 0 Å². The average Bonchev–Trinajstić information content (AvgIpc) is 2.98. The molecule has 1 aromatic rings. The largest absolute Gasteiger partial charge is 0.383 e. The fourth-order valence-electron chi connectivity index (χ4n) is 3.38. The molecule has 2 saturated heterocycles. The smallest absolute Gasteiger partial charge is 0.270 e. The highest BCUT2D eigenvalue weighted by atomic mass is 32.2. The standard InChI is InChI=1S/C19H22N4O4S2/c1-12-13(10-15-18(25)23(6-7-26-3)19(28)29-15)16(22-4-8-27-9-5-22)21(2)17(24)14(12)11-20/h10H,4-9H2,1-3H3/b15-10-. The van der Waals surface area contributed by atoms with Crippen molar-refractivity contribution in [2.75, 3.05) is 51.5 Å². The van der Waals surface area contributed by atoms with Gasteiger partial charge < -0.3 is 14.4 Å². The van der Waals surface area contributed by atoms with Gasteiger partial charge in [0.1, 0.15) is 21.8 Å². The van der Waals surface area contributed by atoms with Crippen LogP contribution in [0.25, 0.3) is 6.08 Å². The monoisotopic (exact) mass is 434 g/mol. The summed E-state index contributed by atoms with van der Waals surface area (Å²) in [7, 11) is 3.22. The lowest BCUT2D eigenvalue weighted by atomic mass is 10.0. The minimum absolute atomic E-state index is 0.0746. The molecule has 0 N–H and O–H groups in total. The first-order valence-corrected chi connectivity index (χ1v) is 10.3. The second-order valence-corrected chi connectivity index (χ2v) is 8.31. The summed E-state index contributed by atoms with van der Waals surface area (Å²) in [5.74, 6) is 0.480. The van der Waals surface area contributed by atoms with Crippen molar-refractivity contribution in [3.05, 3.63) is 31.9 Å². The predicted molar refractivity (Wildman–Crippen MR) is 116 cm³/mol. The molecule has 8 nitrogen and oxygen atoms in total. The number of rotatable bonds is 5. The van der Waals surface area contributed by atoms with Crippen molar-refractivity contribution < 1.29 is 14.3 Å². The molecule has 2 aliphatic rings. The Labute approximate surface area is 178 Å². The van der Waals surface area contributed by atoms with E-state index in [0.717, 1.165) is 0 Å². The Morgan fingerprint density at radius 1 is 1.34 bits per heavy atom. The number of carbonyl (C=O) groups is 1. The quantitative estimate of drug-likeness (QED) is 0.506. The van der Waals surface area contributed by atoms with E-state index < -0.39 is 0 Å². The molecule has 0 atom stereocenters. The molecular weight excluding hydrogens is 412 g/mol. The van der Waals surface area contributed by atoms with Crippen LogP contribution in [0.5, 0.6) is 0 Å². The molecule has 0 radical (unpaired) electrons. The molecule has 3 heterocycles. The van der Waals surface area contributed by atoms with Gasteiger partial charge in [-0.15, -0.1) is 0 Å². The Kier molecular flexibility index (Phi) is 6.74. The van der Waals surface area contributed by atoms with E-state index in [1.165, 1.54) is 21.2 Å². The number of pyridine rings is 1. The summed E-state index contributed by atoms with van der Waals surface area (Å²) in [6.07, 6.45) is 1.74. The second kappa shape index (κ2) is 9.09. The third-order valence-corrected chi connectivity index (χ3v) is 6.32. The minimum atomic E-state index is -0.351. The van der Waals surface area contributed by atoms with Gasteiger partial charge in [0.2, 0.25) is 0 Å². The van der Waals surface area contributed by atoms with E-state index in [2.05, 4.69) is 4.90 Å². The van der Waals surface area contributed by atoms with Gasteiger partial charge in [0.05, 0.1) is 31.3 Å². The molecule has 2 fully saturated rings. The minimum Gasteiger partial charge on any atom is -0.383 e. The van der Waals surface area contributed by atoms with Crippen LogP contribution in [0.3, 0.4) is 0 Å². The van der Waals surface area contributed by atoms with Gasteiger partial charge in [-0.2, -0.15) is 5.26 Å². The van der Waals surface area contributed by atoms with Gasteiger partial charge in [0, 0.05) is 32.8 Å². The highest BCUT2D eigenvalue weighted by molar-refractivity contribution is 8.26. The van der Waals surface area contributed by atoms with Crippen LogP contribution in [0.4, 0.5) is 5.82 Å². The third kappa shape index (κ3) is 4.09. The number of methoxy groups -OCH3 is 1. The van der Waals surface area contributed by atoms with Crippen molar-refractivity contribution in [3.63, 3.8) is 0 Å². The average molecular weight is 435 g/mol. The maximum atomic E-state index is 12.9. The lowest BCUT2D eigenvalue weighted by Crippen LogP contribution is -2.40. The van der Waals surface area contributed by atoms with Crippen LogP contribution in [0.1, 0.15) is 16.7 Å². The summed E-state index contributed by atoms with van der Waals surface area (Å²) in [4.78, 5) is 29.6. The Morgan fingerprint density at radius 2 is 2.03 bits per heavy atom. The van der Waals surface area contributed by atoms with Gasteiger partial charge >= 0.3 is 0 Å². The molecule has 0 aromatic carbocycles. The molecule has 0 unspecified atom stereocenters. The van der Waals surface area contributed by atoms with E-state index in [4.69, 9.17) is 21.7 Å². The van der Waals surface area contributed by atoms with Crippen molar-refractivity contribution in [1.82, 2.24) is 9.47 Å². The molecule has 0 saturated carbocycles. The summed E-state index contributed by atoms with van der Waals surface area (Å²) in [6, 6.07) is 2.01. The predicted octanol–water partition coefficient (Wildman–Crippen LogP) is 1.25. The van der Waals surface area contributed by atoms with Crippen LogP contribution in [-0.4, -0.2) is 66.3 Å². The molecular formula is C19H22N4O4S2. The van der Waals surface area contributed by atoms with Gasteiger partial charge in [-0.3, -0.25) is 19.1 Å². The van der Waals surface area contributed by atoms with Crippen LogP contribution in [0.15, 0.2) is 9.70 Å². The number of anilines is 1. The number of amides is 1. The second-order valence-electron chi connectivity index (χ2n) is 6.64. The van der Waals surface area contributed by atoms with Gasteiger partial charge in [-0.05, 0) is 18.6 Å². The maximum Gasteiger partial charge on any atom is 0.270 e. The van der Waals surface area contributed by atoms with Crippen LogP contribution in [0, 0.1) is 18.3 Å². The SMILES string of the molecule is COCCN1C(=O)/C(=C/c2c(C)c(C#N)c(=O)n(C)c2N2CCOCC2)SC1=S. The molecule has 1 aromatic heterocycles. The Bertz CT molecular complexity index is 974.